The van der Waals surface area contributed by atoms with Crippen LogP contribution in [0.2, 0.25) is 5.15 Å². The third kappa shape index (κ3) is 2.34. The van der Waals surface area contributed by atoms with Gasteiger partial charge in [-0.3, -0.25) is 0 Å². The highest BCUT2D eigenvalue weighted by Gasteiger charge is 2.14. The number of aryl methyl sites for hydroxylation is 1. The van der Waals surface area contributed by atoms with Crippen molar-refractivity contribution in [3.63, 3.8) is 0 Å². The van der Waals surface area contributed by atoms with Crippen LogP contribution in [0.25, 0.3) is 11.0 Å². The Labute approximate surface area is 122 Å². The number of halogens is 1. The lowest BCUT2D eigenvalue weighted by Gasteiger charge is -2.14. The van der Waals surface area contributed by atoms with Crippen molar-refractivity contribution in [1.82, 2.24) is 14.5 Å². The Kier molecular flexibility index (Phi) is 3.32. The average molecular weight is 287 g/mol. The first-order valence-electron chi connectivity index (χ1n) is 6.45. The number of nitrogens with zero attached hydrogens (tertiary/aromatic N) is 3. The molecule has 4 nitrogen and oxygen atoms in total. The molecule has 20 heavy (non-hydrogen) atoms. The van der Waals surface area contributed by atoms with Crippen LogP contribution >= 0.6 is 11.6 Å². The zero-order chi connectivity index (χ0) is 14.1. The maximum atomic E-state index is 5.90. The highest BCUT2D eigenvalue weighted by atomic mass is 35.5. The molecule has 0 amide bonds. The molecule has 0 radical (unpaired) electrons. The van der Waals surface area contributed by atoms with E-state index in [2.05, 4.69) is 32.8 Å². The van der Waals surface area contributed by atoms with Crippen LogP contribution in [0.5, 0.6) is 0 Å². The topological polar surface area (TPSA) is 42.7 Å². The number of para-hydroxylation sites is 2. The Morgan fingerprint density at radius 1 is 1.10 bits per heavy atom. The molecule has 0 saturated heterocycles. The Balaban J connectivity index is 1.92. The second-order valence-corrected chi connectivity index (χ2v) is 5.12. The van der Waals surface area contributed by atoms with Crippen molar-refractivity contribution < 1.29 is 0 Å². The predicted octanol–water partition coefficient (Wildman–Crippen LogP) is 3.79. The van der Waals surface area contributed by atoms with Crippen molar-refractivity contribution in [2.75, 3.05) is 5.32 Å². The summed E-state index contributed by atoms with van der Waals surface area (Å²) in [7, 11) is 2.02. The fraction of sp³-hybridized carbons (Fsp3) is 0.200. The number of hydrogen-bond acceptors (Lipinski definition) is 3. The molecule has 3 aromatic rings. The number of pyridine rings is 1. The second-order valence-electron chi connectivity index (χ2n) is 4.73. The molecular weight excluding hydrogens is 272 g/mol. The maximum Gasteiger partial charge on any atom is 0.131 e. The predicted molar refractivity (Wildman–Crippen MR) is 82.0 cm³/mol. The van der Waals surface area contributed by atoms with Gasteiger partial charge in [-0.2, -0.15) is 0 Å². The lowest BCUT2D eigenvalue weighted by Crippen LogP contribution is -2.12. The van der Waals surface area contributed by atoms with E-state index in [9.17, 15) is 0 Å². The standard InChI is InChI=1S/C15H15ClN4/c1-10(17-14-9-5-8-13(16)19-14)15-18-11-6-3-4-7-12(11)20(15)2/h3-10H,1-2H3,(H,17,19). The number of hydrogen-bond donors (Lipinski definition) is 1. The van der Waals surface area contributed by atoms with Gasteiger partial charge in [-0.25, -0.2) is 9.97 Å². The second kappa shape index (κ2) is 5.13. The highest BCUT2D eigenvalue weighted by Crippen LogP contribution is 2.22. The monoisotopic (exact) mass is 286 g/mol. The number of nitrogens with one attached hydrogen (secondary N) is 1. The average Bonchev–Trinajstić information content (AvgIpc) is 2.77. The van der Waals surface area contributed by atoms with Crippen LogP contribution in [0.3, 0.4) is 0 Å². The molecule has 2 aromatic heterocycles. The van der Waals surface area contributed by atoms with Crippen LogP contribution in [-0.4, -0.2) is 14.5 Å². The van der Waals surface area contributed by atoms with Crippen LogP contribution in [0.15, 0.2) is 42.5 Å². The number of benzene rings is 1. The van der Waals surface area contributed by atoms with Gasteiger partial charge in [0.05, 0.1) is 17.1 Å². The summed E-state index contributed by atoms with van der Waals surface area (Å²) in [5.74, 6) is 1.71. The number of anilines is 1. The maximum absolute atomic E-state index is 5.90. The normalized spacial score (nSPS) is 12.6. The van der Waals surface area contributed by atoms with Crippen LogP contribution < -0.4 is 5.32 Å². The first-order valence-corrected chi connectivity index (χ1v) is 6.83. The lowest BCUT2D eigenvalue weighted by molar-refractivity contribution is 0.730. The van der Waals surface area contributed by atoms with Gasteiger partial charge >= 0.3 is 0 Å². The molecule has 3 rings (SSSR count). The summed E-state index contributed by atoms with van der Waals surface area (Å²) in [5, 5.41) is 3.80. The molecule has 5 heteroatoms. The van der Waals surface area contributed by atoms with Crippen molar-refractivity contribution >= 4 is 28.5 Å². The SMILES string of the molecule is CC(Nc1cccc(Cl)n1)c1nc2ccccc2n1C. The van der Waals surface area contributed by atoms with E-state index in [0.29, 0.717) is 5.15 Å². The lowest BCUT2D eigenvalue weighted by atomic mass is 10.3. The van der Waals surface area contributed by atoms with E-state index in [1.165, 1.54) is 0 Å². The summed E-state index contributed by atoms with van der Waals surface area (Å²) in [6.07, 6.45) is 0. The Morgan fingerprint density at radius 2 is 1.90 bits per heavy atom. The minimum Gasteiger partial charge on any atom is -0.360 e. The first-order chi connectivity index (χ1) is 9.65. The molecule has 1 N–H and O–H groups in total. The van der Waals surface area contributed by atoms with E-state index < -0.39 is 0 Å². The summed E-state index contributed by atoms with van der Waals surface area (Å²) in [5.41, 5.74) is 2.12. The van der Waals surface area contributed by atoms with Gasteiger partial charge in [0, 0.05) is 7.05 Å². The highest BCUT2D eigenvalue weighted by molar-refractivity contribution is 6.29. The van der Waals surface area contributed by atoms with Gasteiger partial charge < -0.3 is 9.88 Å². The molecule has 0 bridgehead atoms. The number of fused-ring (bicyclic) bond motifs is 1. The summed E-state index contributed by atoms with van der Waals surface area (Å²) >= 11 is 5.90. The van der Waals surface area contributed by atoms with Gasteiger partial charge in [-0.05, 0) is 31.2 Å². The molecule has 102 valence electrons. The van der Waals surface area contributed by atoms with Gasteiger partial charge in [0.15, 0.2) is 0 Å². The van der Waals surface area contributed by atoms with Crippen molar-refractivity contribution in [1.29, 1.82) is 0 Å². The van der Waals surface area contributed by atoms with E-state index in [0.717, 1.165) is 22.7 Å². The molecule has 1 aromatic carbocycles. The van der Waals surface area contributed by atoms with Gasteiger partial charge in [-0.1, -0.05) is 29.8 Å². The van der Waals surface area contributed by atoms with E-state index in [-0.39, 0.29) is 6.04 Å². The Hall–Kier alpha value is -2.07. The molecule has 0 aliphatic carbocycles. The summed E-state index contributed by atoms with van der Waals surface area (Å²) in [6.45, 7) is 2.06. The minimum atomic E-state index is 0.0402. The number of imidazole rings is 1. The van der Waals surface area contributed by atoms with Crippen molar-refractivity contribution in [3.8, 4) is 0 Å². The third-order valence-corrected chi connectivity index (χ3v) is 3.50. The molecule has 1 unspecified atom stereocenters. The fourth-order valence-corrected chi connectivity index (χ4v) is 2.49. The van der Waals surface area contributed by atoms with Crippen molar-refractivity contribution in [2.24, 2.45) is 7.05 Å². The number of aromatic nitrogens is 3. The molecule has 0 spiro atoms. The van der Waals surface area contributed by atoms with Crippen molar-refractivity contribution in [3.05, 3.63) is 53.4 Å². The molecule has 0 saturated carbocycles. The van der Waals surface area contributed by atoms with E-state index in [1.807, 2.05) is 37.4 Å². The van der Waals surface area contributed by atoms with Gasteiger partial charge in [0.25, 0.3) is 0 Å². The fourth-order valence-electron chi connectivity index (χ4n) is 2.33. The molecule has 0 aliphatic heterocycles. The van der Waals surface area contributed by atoms with Gasteiger partial charge in [-0.15, -0.1) is 0 Å². The van der Waals surface area contributed by atoms with Gasteiger partial charge in [0.1, 0.15) is 16.8 Å². The molecular formula is C15H15ClN4. The van der Waals surface area contributed by atoms with Gasteiger partial charge in [0.2, 0.25) is 0 Å². The quantitative estimate of drug-likeness (QED) is 0.745. The summed E-state index contributed by atoms with van der Waals surface area (Å²) in [6, 6.07) is 13.7. The smallest absolute Gasteiger partial charge is 0.131 e. The first kappa shape index (κ1) is 12.9. The largest absolute Gasteiger partial charge is 0.360 e. The minimum absolute atomic E-state index is 0.0402. The van der Waals surface area contributed by atoms with E-state index in [1.54, 1.807) is 6.07 Å². The molecule has 0 aliphatic rings. The van der Waals surface area contributed by atoms with Crippen LogP contribution in [-0.2, 0) is 7.05 Å². The molecule has 2 heterocycles. The molecule has 1 atom stereocenters. The van der Waals surface area contributed by atoms with Crippen LogP contribution in [0, 0.1) is 0 Å². The Morgan fingerprint density at radius 3 is 2.65 bits per heavy atom. The zero-order valence-corrected chi connectivity index (χ0v) is 12.1. The summed E-state index contributed by atoms with van der Waals surface area (Å²) < 4.78 is 2.09. The molecule has 0 fully saturated rings. The Bertz CT molecular complexity index is 750. The van der Waals surface area contributed by atoms with Crippen LogP contribution in [0.4, 0.5) is 5.82 Å². The van der Waals surface area contributed by atoms with E-state index in [4.69, 9.17) is 11.6 Å². The third-order valence-electron chi connectivity index (χ3n) is 3.29. The van der Waals surface area contributed by atoms with Crippen LogP contribution in [0.1, 0.15) is 18.8 Å². The summed E-state index contributed by atoms with van der Waals surface area (Å²) in [4.78, 5) is 8.91. The number of rotatable bonds is 3. The zero-order valence-electron chi connectivity index (χ0n) is 11.3. The van der Waals surface area contributed by atoms with Crippen molar-refractivity contribution in [2.45, 2.75) is 13.0 Å². The van der Waals surface area contributed by atoms with E-state index >= 15 is 0 Å².